The summed E-state index contributed by atoms with van der Waals surface area (Å²) in [6.07, 6.45) is 0.643. The SMILES string of the molecule is COC1CC(C(=O)O)N(C(=O)C(C)Cc2cccc(Cl)c2)C1. The molecule has 1 aromatic rings. The summed E-state index contributed by atoms with van der Waals surface area (Å²) in [5, 5.41) is 9.91. The summed E-state index contributed by atoms with van der Waals surface area (Å²) >= 11 is 5.95. The Hall–Kier alpha value is -1.59. The second kappa shape index (κ2) is 7.11. The van der Waals surface area contributed by atoms with E-state index >= 15 is 0 Å². The number of likely N-dealkylation sites (tertiary alicyclic amines) is 1. The first-order valence-corrected chi connectivity index (χ1v) is 7.60. The van der Waals surface area contributed by atoms with Crippen LogP contribution >= 0.6 is 11.6 Å². The number of carboxylic acids is 1. The smallest absolute Gasteiger partial charge is 0.326 e. The molecular formula is C16H20ClNO4. The van der Waals surface area contributed by atoms with Gasteiger partial charge in [0.1, 0.15) is 6.04 Å². The van der Waals surface area contributed by atoms with Crippen molar-refractivity contribution in [2.24, 2.45) is 5.92 Å². The van der Waals surface area contributed by atoms with Gasteiger partial charge in [-0.2, -0.15) is 0 Å². The largest absolute Gasteiger partial charge is 0.480 e. The van der Waals surface area contributed by atoms with Crippen LogP contribution in [0.3, 0.4) is 0 Å². The maximum Gasteiger partial charge on any atom is 0.326 e. The lowest BCUT2D eigenvalue weighted by molar-refractivity contribution is -0.149. The van der Waals surface area contributed by atoms with E-state index in [0.29, 0.717) is 24.4 Å². The van der Waals surface area contributed by atoms with Crippen LogP contribution in [0.15, 0.2) is 24.3 Å². The average Bonchev–Trinajstić information content (AvgIpc) is 2.91. The Kier molecular flexibility index (Phi) is 5.42. The zero-order chi connectivity index (χ0) is 16.3. The van der Waals surface area contributed by atoms with Crippen molar-refractivity contribution in [2.45, 2.75) is 31.9 Å². The molecule has 0 aliphatic carbocycles. The van der Waals surface area contributed by atoms with Gasteiger partial charge in [-0.1, -0.05) is 30.7 Å². The van der Waals surface area contributed by atoms with E-state index in [1.165, 1.54) is 12.0 Å². The third-order valence-corrected chi connectivity index (χ3v) is 4.25. The Morgan fingerprint density at radius 2 is 2.23 bits per heavy atom. The van der Waals surface area contributed by atoms with Crippen LogP contribution in [0, 0.1) is 5.92 Å². The summed E-state index contributed by atoms with van der Waals surface area (Å²) in [5.41, 5.74) is 0.961. The molecule has 1 aromatic carbocycles. The van der Waals surface area contributed by atoms with E-state index in [2.05, 4.69) is 0 Å². The molecular weight excluding hydrogens is 306 g/mol. The third kappa shape index (κ3) is 3.78. The van der Waals surface area contributed by atoms with E-state index in [0.717, 1.165) is 5.56 Å². The Labute approximate surface area is 134 Å². The van der Waals surface area contributed by atoms with Gasteiger partial charge in [0, 0.05) is 31.0 Å². The first kappa shape index (κ1) is 16.8. The minimum absolute atomic E-state index is 0.160. The van der Waals surface area contributed by atoms with Crippen LogP contribution in [0.25, 0.3) is 0 Å². The van der Waals surface area contributed by atoms with Crippen molar-refractivity contribution in [3.63, 3.8) is 0 Å². The maximum absolute atomic E-state index is 12.6. The van der Waals surface area contributed by atoms with E-state index in [-0.39, 0.29) is 17.9 Å². The lowest BCUT2D eigenvalue weighted by Gasteiger charge is -2.24. The summed E-state index contributed by atoms with van der Waals surface area (Å²) in [6.45, 7) is 2.13. The van der Waals surface area contributed by atoms with Crippen LogP contribution in [-0.4, -0.2) is 47.7 Å². The molecule has 3 unspecified atom stereocenters. The van der Waals surface area contributed by atoms with Crippen LogP contribution in [0.2, 0.25) is 5.02 Å². The summed E-state index contributed by atoms with van der Waals surface area (Å²) in [4.78, 5) is 25.3. The van der Waals surface area contributed by atoms with Crippen molar-refractivity contribution in [1.29, 1.82) is 0 Å². The lowest BCUT2D eigenvalue weighted by Crippen LogP contribution is -2.43. The average molecular weight is 326 g/mol. The van der Waals surface area contributed by atoms with Gasteiger partial charge in [0.2, 0.25) is 5.91 Å². The predicted molar refractivity (Wildman–Crippen MR) is 82.9 cm³/mol. The molecule has 1 N–H and O–H groups in total. The fourth-order valence-corrected chi connectivity index (χ4v) is 3.05. The number of methoxy groups -OCH3 is 1. The fraction of sp³-hybridized carbons (Fsp3) is 0.500. The Bertz CT molecular complexity index is 563. The number of benzene rings is 1. The highest BCUT2D eigenvalue weighted by atomic mass is 35.5. The lowest BCUT2D eigenvalue weighted by atomic mass is 9.99. The molecule has 1 aliphatic heterocycles. The highest BCUT2D eigenvalue weighted by Crippen LogP contribution is 2.24. The summed E-state index contributed by atoms with van der Waals surface area (Å²) in [5.74, 6) is -1.45. The molecule has 1 saturated heterocycles. The molecule has 6 heteroatoms. The van der Waals surface area contributed by atoms with E-state index < -0.39 is 12.0 Å². The highest BCUT2D eigenvalue weighted by molar-refractivity contribution is 6.30. The maximum atomic E-state index is 12.6. The summed E-state index contributed by atoms with van der Waals surface area (Å²) in [6, 6.07) is 6.54. The third-order valence-electron chi connectivity index (χ3n) is 4.02. The van der Waals surface area contributed by atoms with Crippen LogP contribution in [0.1, 0.15) is 18.9 Å². The van der Waals surface area contributed by atoms with Gasteiger partial charge in [-0.05, 0) is 24.1 Å². The molecule has 1 aliphatic rings. The first-order valence-electron chi connectivity index (χ1n) is 7.23. The zero-order valence-electron chi connectivity index (χ0n) is 12.7. The standard InChI is InChI=1S/C16H20ClNO4/c1-10(6-11-4-3-5-12(17)7-11)15(19)18-9-13(22-2)8-14(18)16(20)21/h3-5,7,10,13-14H,6,8-9H2,1-2H3,(H,20,21). The van der Waals surface area contributed by atoms with Gasteiger partial charge < -0.3 is 14.7 Å². The van der Waals surface area contributed by atoms with Crippen molar-refractivity contribution in [2.75, 3.05) is 13.7 Å². The van der Waals surface area contributed by atoms with Crippen molar-refractivity contribution in [3.8, 4) is 0 Å². The molecule has 22 heavy (non-hydrogen) atoms. The van der Waals surface area contributed by atoms with E-state index in [1.807, 2.05) is 25.1 Å². The molecule has 2 rings (SSSR count). The quantitative estimate of drug-likeness (QED) is 0.901. The van der Waals surface area contributed by atoms with Gasteiger partial charge >= 0.3 is 5.97 Å². The first-order chi connectivity index (χ1) is 10.4. The molecule has 120 valence electrons. The van der Waals surface area contributed by atoms with Gasteiger partial charge in [-0.15, -0.1) is 0 Å². The van der Waals surface area contributed by atoms with Crippen molar-refractivity contribution >= 4 is 23.5 Å². The molecule has 1 amide bonds. The van der Waals surface area contributed by atoms with Crippen LogP contribution < -0.4 is 0 Å². The monoisotopic (exact) mass is 325 g/mol. The van der Waals surface area contributed by atoms with E-state index in [9.17, 15) is 14.7 Å². The minimum Gasteiger partial charge on any atom is -0.480 e. The second-order valence-electron chi connectivity index (χ2n) is 5.67. The normalized spacial score (nSPS) is 22.6. The van der Waals surface area contributed by atoms with Gasteiger partial charge in [-0.25, -0.2) is 4.79 Å². The number of carboxylic acid groups (broad SMARTS) is 1. The molecule has 0 spiro atoms. The van der Waals surface area contributed by atoms with Gasteiger partial charge in [0.15, 0.2) is 0 Å². The number of nitrogens with zero attached hydrogens (tertiary/aromatic N) is 1. The number of hydrogen-bond donors (Lipinski definition) is 1. The topological polar surface area (TPSA) is 66.8 Å². The number of rotatable bonds is 5. The molecule has 0 radical (unpaired) electrons. The second-order valence-corrected chi connectivity index (χ2v) is 6.11. The van der Waals surface area contributed by atoms with E-state index in [4.69, 9.17) is 16.3 Å². The number of halogens is 1. The van der Waals surface area contributed by atoms with Gasteiger partial charge in [-0.3, -0.25) is 4.79 Å². The summed E-state index contributed by atoms with van der Waals surface area (Å²) in [7, 11) is 1.53. The molecule has 0 saturated carbocycles. The van der Waals surface area contributed by atoms with Crippen LogP contribution in [-0.2, 0) is 20.7 Å². The van der Waals surface area contributed by atoms with Crippen molar-refractivity contribution in [1.82, 2.24) is 4.90 Å². The summed E-state index contributed by atoms with van der Waals surface area (Å²) < 4.78 is 5.21. The molecule has 3 atom stereocenters. The molecule has 5 nitrogen and oxygen atoms in total. The molecule has 1 heterocycles. The van der Waals surface area contributed by atoms with Crippen molar-refractivity contribution < 1.29 is 19.4 Å². The fourth-order valence-electron chi connectivity index (χ4n) is 2.83. The van der Waals surface area contributed by atoms with E-state index in [1.54, 1.807) is 6.07 Å². The predicted octanol–water partition coefficient (Wildman–Crippen LogP) is 2.22. The molecule has 1 fully saturated rings. The number of amides is 1. The highest BCUT2D eigenvalue weighted by Gasteiger charge is 2.40. The number of hydrogen-bond acceptors (Lipinski definition) is 3. The van der Waals surface area contributed by atoms with Crippen LogP contribution in [0.5, 0.6) is 0 Å². The number of aliphatic carboxylic acids is 1. The van der Waals surface area contributed by atoms with Crippen molar-refractivity contribution in [3.05, 3.63) is 34.9 Å². The Balaban J connectivity index is 2.07. The number of ether oxygens (including phenoxy) is 1. The number of carbonyl (C=O) groups excluding carboxylic acids is 1. The van der Waals surface area contributed by atoms with Gasteiger partial charge in [0.25, 0.3) is 0 Å². The Morgan fingerprint density at radius 1 is 1.50 bits per heavy atom. The zero-order valence-corrected chi connectivity index (χ0v) is 13.4. The van der Waals surface area contributed by atoms with Crippen LogP contribution in [0.4, 0.5) is 0 Å². The van der Waals surface area contributed by atoms with Gasteiger partial charge in [0.05, 0.1) is 6.10 Å². The Morgan fingerprint density at radius 3 is 2.82 bits per heavy atom. The number of carbonyl (C=O) groups is 2. The minimum atomic E-state index is -0.983. The molecule has 0 aromatic heterocycles. The molecule has 0 bridgehead atoms.